The molecule has 1 unspecified atom stereocenters. The molecule has 0 radical (unpaired) electrons. The summed E-state index contributed by atoms with van der Waals surface area (Å²) in [5, 5.41) is 7.12. The second-order valence-electron chi connectivity index (χ2n) is 9.02. The summed E-state index contributed by atoms with van der Waals surface area (Å²) in [6.07, 6.45) is 3.43. The fourth-order valence-electron chi connectivity index (χ4n) is 4.35. The van der Waals surface area contributed by atoms with Gasteiger partial charge in [0.25, 0.3) is 5.91 Å². The highest BCUT2D eigenvalue weighted by atomic mass is 19.4. The number of carbonyl (C=O) groups is 2. The lowest BCUT2D eigenvalue weighted by atomic mass is 9.78. The van der Waals surface area contributed by atoms with Gasteiger partial charge in [-0.05, 0) is 68.9 Å². The number of piperidine rings is 1. The van der Waals surface area contributed by atoms with Gasteiger partial charge in [0.05, 0.1) is 5.60 Å². The molecule has 1 amide bonds. The van der Waals surface area contributed by atoms with Gasteiger partial charge < -0.3 is 19.5 Å². The summed E-state index contributed by atoms with van der Waals surface area (Å²) in [7, 11) is 0. The van der Waals surface area contributed by atoms with Gasteiger partial charge in [-0.3, -0.25) is 9.78 Å². The highest BCUT2D eigenvalue weighted by molar-refractivity contribution is 5.92. The third-order valence-electron chi connectivity index (χ3n) is 6.53. The lowest BCUT2D eigenvalue weighted by Crippen LogP contribution is -2.49. The molecule has 3 aliphatic rings. The number of carboxylic acids is 1. The lowest BCUT2D eigenvalue weighted by Gasteiger charge is -2.42. The number of rotatable bonds is 6. The molecule has 1 aliphatic carbocycles. The van der Waals surface area contributed by atoms with Crippen LogP contribution in [0.4, 0.5) is 13.2 Å². The molecule has 1 atom stereocenters. The maximum absolute atomic E-state index is 12.7. The van der Waals surface area contributed by atoms with Crippen LogP contribution in [0.2, 0.25) is 0 Å². The topological polar surface area (TPSA) is 89.0 Å². The lowest BCUT2D eigenvalue weighted by molar-refractivity contribution is -0.192. The molecule has 1 aromatic heterocycles. The Kier molecular flexibility index (Phi) is 8.33. The molecular formula is C23H31F3N2O5. The quantitative estimate of drug-likeness (QED) is 0.633. The predicted molar refractivity (Wildman–Crippen MR) is 113 cm³/mol. The van der Waals surface area contributed by atoms with Crippen molar-refractivity contribution in [3.63, 3.8) is 0 Å². The molecule has 7 nitrogen and oxygen atoms in total. The van der Waals surface area contributed by atoms with E-state index in [0.29, 0.717) is 11.6 Å². The summed E-state index contributed by atoms with van der Waals surface area (Å²) in [4.78, 5) is 27.8. The van der Waals surface area contributed by atoms with Crippen LogP contribution in [0.25, 0.3) is 0 Å². The second-order valence-corrected chi connectivity index (χ2v) is 9.02. The zero-order valence-electron chi connectivity index (χ0n) is 18.8. The van der Waals surface area contributed by atoms with Crippen molar-refractivity contribution < 1.29 is 37.3 Å². The van der Waals surface area contributed by atoms with Gasteiger partial charge in [0.2, 0.25) is 0 Å². The van der Waals surface area contributed by atoms with Gasteiger partial charge in [-0.15, -0.1) is 0 Å². The van der Waals surface area contributed by atoms with Crippen LogP contribution in [-0.2, 0) is 14.3 Å². The first-order valence-electron chi connectivity index (χ1n) is 11.3. The van der Waals surface area contributed by atoms with Gasteiger partial charge >= 0.3 is 12.1 Å². The van der Waals surface area contributed by atoms with Crippen LogP contribution in [0.1, 0.15) is 54.6 Å². The van der Waals surface area contributed by atoms with E-state index in [1.54, 1.807) is 6.20 Å². The number of hydrogen-bond acceptors (Lipinski definition) is 5. The molecule has 33 heavy (non-hydrogen) atoms. The number of carbonyl (C=O) groups excluding carboxylic acids is 1. The Morgan fingerprint density at radius 1 is 1.24 bits per heavy atom. The minimum Gasteiger partial charge on any atom is -0.475 e. The first kappa shape index (κ1) is 25.4. The molecule has 2 aliphatic heterocycles. The summed E-state index contributed by atoms with van der Waals surface area (Å²) in [5.74, 6) is -1.32. The van der Waals surface area contributed by atoms with Crippen molar-refractivity contribution >= 4 is 11.9 Å². The van der Waals surface area contributed by atoms with Gasteiger partial charge in [-0.1, -0.05) is 6.07 Å². The fraction of sp³-hybridized carbons (Fsp3) is 0.696. The van der Waals surface area contributed by atoms with E-state index in [1.165, 1.54) is 12.8 Å². The van der Waals surface area contributed by atoms with Crippen LogP contribution in [0.3, 0.4) is 0 Å². The molecule has 0 bridgehead atoms. The number of nitrogens with zero attached hydrogens (tertiary/aromatic N) is 2. The Hall–Kier alpha value is -2.20. The number of likely N-dealkylation sites (tertiary alicyclic amines) is 1. The average molecular weight is 473 g/mol. The van der Waals surface area contributed by atoms with Crippen molar-refractivity contribution in [2.75, 3.05) is 32.9 Å². The molecule has 1 saturated carbocycles. The summed E-state index contributed by atoms with van der Waals surface area (Å²) in [6, 6.07) is 3.78. The number of aromatic nitrogens is 1. The van der Waals surface area contributed by atoms with Crippen LogP contribution in [0.5, 0.6) is 0 Å². The number of amides is 1. The maximum Gasteiger partial charge on any atom is 0.490 e. The summed E-state index contributed by atoms with van der Waals surface area (Å²) < 4.78 is 43.8. The third-order valence-corrected chi connectivity index (χ3v) is 6.53. The summed E-state index contributed by atoms with van der Waals surface area (Å²) in [6.45, 7) is 6.13. The van der Waals surface area contributed by atoms with Crippen LogP contribution in [0, 0.1) is 18.8 Å². The van der Waals surface area contributed by atoms with E-state index in [0.717, 1.165) is 70.1 Å². The van der Waals surface area contributed by atoms with E-state index in [-0.39, 0.29) is 11.5 Å². The van der Waals surface area contributed by atoms with Gasteiger partial charge in [0.1, 0.15) is 5.69 Å². The molecule has 1 spiro atoms. The van der Waals surface area contributed by atoms with Crippen LogP contribution in [0.15, 0.2) is 18.3 Å². The Morgan fingerprint density at radius 2 is 1.91 bits per heavy atom. The zero-order chi connectivity index (χ0) is 24.1. The first-order valence-corrected chi connectivity index (χ1v) is 11.3. The van der Waals surface area contributed by atoms with Gasteiger partial charge in [-0.25, -0.2) is 4.79 Å². The first-order chi connectivity index (χ1) is 15.6. The molecule has 1 N–H and O–H groups in total. The van der Waals surface area contributed by atoms with E-state index >= 15 is 0 Å². The number of hydrogen-bond donors (Lipinski definition) is 1. The van der Waals surface area contributed by atoms with Crippen molar-refractivity contribution in [1.29, 1.82) is 0 Å². The van der Waals surface area contributed by atoms with Crippen LogP contribution < -0.4 is 0 Å². The van der Waals surface area contributed by atoms with Crippen molar-refractivity contribution in [1.82, 2.24) is 9.88 Å². The number of carboxylic acid groups (broad SMARTS) is 1. The molecule has 0 aromatic carbocycles. The van der Waals surface area contributed by atoms with E-state index in [1.807, 2.05) is 24.0 Å². The maximum atomic E-state index is 12.7. The number of aryl methyl sites for hydroxylation is 1. The Bertz CT molecular complexity index is 803. The fourth-order valence-corrected chi connectivity index (χ4v) is 4.35. The summed E-state index contributed by atoms with van der Waals surface area (Å²) in [5.41, 5.74) is 1.58. The minimum atomic E-state index is -5.08. The van der Waals surface area contributed by atoms with E-state index in [4.69, 9.17) is 19.4 Å². The molecule has 4 rings (SSSR count). The molecule has 10 heteroatoms. The number of aliphatic carboxylic acids is 1. The Labute approximate surface area is 191 Å². The zero-order valence-corrected chi connectivity index (χ0v) is 18.8. The predicted octanol–water partition coefficient (Wildman–Crippen LogP) is 3.85. The second kappa shape index (κ2) is 10.8. The van der Waals surface area contributed by atoms with Gasteiger partial charge in [0.15, 0.2) is 0 Å². The number of ether oxygens (including phenoxy) is 2. The molecule has 2 saturated heterocycles. The van der Waals surface area contributed by atoms with Gasteiger partial charge in [0, 0.05) is 39.1 Å². The minimum absolute atomic E-state index is 0.0412. The van der Waals surface area contributed by atoms with Crippen molar-refractivity contribution in [2.45, 2.75) is 57.2 Å². The highest BCUT2D eigenvalue weighted by Gasteiger charge is 2.46. The highest BCUT2D eigenvalue weighted by Crippen LogP contribution is 2.42. The SMILES string of the molecule is Cc1ccc(C(=O)N2CCC3(CC2)OCCC3CCOCC2CC2)nc1.O=C(O)C(F)(F)F. The van der Waals surface area contributed by atoms with Crippen LogP contribution in [-0.4, -0.2) is 71.6 Å². The number of halogens is 3. The monoisotopic (exact) mass is 472 g/mol. The average Bonchev–Trinajstić information content (AvgIpc) is 3.53. The van der Waals surface area contributed by atoms with Crippen molar-refractivity contribution in [3.05, 3.63) is 29.6 Å². The molecule has 1 aromatic rings. The largest absolute Gasteiger partial charge is 0.490 e. The number of pyridine rings is 1. The normalized spacial score (nSPS) is 22.1. The van der Waals surface area contributed by atoms with Crippen LogP contribution >= 0.6 is 0 Å². The molecule has 184 valence electrons. The smallest absolute Gasteiger partial charge is 0.475 e. The Morgan fingerprint density at radius 3 is 2.45 bits per heavy atom. The number of alkyl halides is 3. The molecule has 3 fully saturated rings. The van der Waals surface area contributed by atoms with E-state index in [9.17, 15) is 18.0 Å². The Balaban J connectivity index is 0.000000383. The molecular weight excluding hydrogens is 441 g/mol. The van der Waals surface area contributed by atoms with Crippen molar-refractivity contribution in [3.8, 4) is 0 Å². The van der Waals surface area contributed by atoms with E-state index in [2.05, 4.69) is 4.98 Å². The standard InChI is InChI=1S/C21H30N2O3.C2HF3O2/c1-16-2-5-19(22-14-16)20(24)23-10-8-21(9-11-23)18(7-13-26-21)6-12-25-15-17-3-4-17;3-2(4,5)1(6)7/h2,5,14,17-18H,3-4,6-13,15H2,1H3;(H,6,7). The van der Waals surface area contributed by atoms with Gasteiger partial charge in [-0.2, -0.15) is 13.2 Å². The summed E-state index contributed by atoms with van der Waals surface area (Å²) >= 11 is 0. The van der Waals surface area contributed by atoms with E-state index < -0.39 is 12.1 Å². The van der Waals surface area contributed by atoms with Crippen molar-refractivity contribution in [2.24, 2.45) is 11.8 Å². The third kappa shape index (κ3) is 7.14. The molecule has 3 heterocycles.